The fourth-order valence-corrected chi connectivity index (χ4v) is 3.15. The van der Waals surface area contributed by atoms with E-state index >= 15 is 0 Å². The maximum atomic E-state index is 10.3. The van der Waals surface area contributed by atoms with E-state index in [1.807, 2.05) is 0 Å². The van der Waals surface area contributed by atoms with Gasteiger partial charge >= 0.3 is 10.4 Å². The van der Waals surface area contributed by atoms with E-state index in [0.717, 1.165) is 6.42 Å². The van der Waals surface area contributed by atoms with E-state index in [1.165, 1.54) is 83.5 Å². The van der Waals surface area contributed by atoms with Crippen LogP contribution >= 0.6 is 0 Å². The van der Waals surface area contributed by atoms with Crippen molar-refractivity contribution in [2.45, 2.75) is 103 Å². The van der Waals surface area contributed by atoms with Gasteiger partial charge in [0, 0.05) is 13.2 Å². The fraction of sp³-hybridized carbons (Fsp3) is 1.00. The Balaban J connectivity index is 3.03. The third-order valence-electron chi connectivity index (χ3n) is 4.31. The SMILES string of the molecule is CCCCCCCCCCCCCCCCOCCCOS(=O)(=O)O. The second kappa shape index (κ2) is 18.6. The van der Waals surface area contributed by atoms with E-state index in [9.17, 15) is 8.42 Å². The molecule has 0 rings (SSSR count). The van der Waals surface area contributed by atoms with Crippen molar-refractivity contribution in [3.63, 3.8) is 0 Å². The third kappa shape index (κ3) is 23.8. The molecule has 152 valence electrons. The lowest BCUT2D eigenvalue weighted by Gasteiger charge is -2.05. The Hall–Kier alpha value is -0.170. The van der Waals surface area contributed by atoms with Crippen LogP contribution < -0.4 is 0 Å². The summed E-state index contributed by atoms with van der Waals surface area (Å²) in [6.45, 7) is 3.41. The molecule has 25 heavy (non-hydrogen) atoms. The summed E-state index contributed by atoms with van der Waals surface area (Å²) in [7, 11) is -4.30. The molecule has 0 aromatic rings. The molecule has 0 spiro atoms. The van der Waals surface area contributed by atoms with Crippen molar-refractivity contribution < 1.29 is 21.9 Å². The molecule has 0 radical (unpaired) electrons. The Morgan fingerprint density at radius 2 is 1.00 bits per heavy atom. The van der Waals surface area contributed by atoms with E-state index in [-0.39, 0.29) is 6.61 Å². The van der Waals surface area contributed by atoms with Crippen molar-refractivity contribution in [3.8, 4) is 0 Å². The largest absolute Gasteiger partial charge is 0.397 e. The summed E-state index contributed by atoms with van der Waals surface area (Å²) in [6.07, 6.45) is 19.2. The summed E-state index contributed by atoms with van der Waals surface area (Å²) in [5.74, 6) is 0. The minimum Gasteiger partial charge on any atom is -0.381 e. The molecule has 0 saturated carbocycles. The van der Waals surface area contributed by atoms with Crippen LogP contribution in [0.2, 0.25) is 0 Å². The lowest BCUT2D eigenvalue weighted by Crippen LogP contribution is -2.07. The number of unbranched alkanes of at least 4 members (excludes halogenated alkanes) is 13. The molecular formula is C19H40O5S. The molecule has 5 nitrogen and oxygen atoms in total. The van der Waals surface area contributed by atoms with Gasteiger partial charge in [0.2, 0.25) is 0 Å². The Labute approximate surface area is 155 Å². The second-order valence-corrected chi connectivity index (χ2v) is 7.90. The van der Waals surface area contributed by atoms with Gasteiger partial charge in [0.15, 0.2) is 0 Å². The second-order valence-electron chi connectivity index (χ2n) is 6.81. The Morgan fingerprint density at radius 1 is 0.600 bits per heavy atom. The minimum absolute atomic E-state index is 0.0302. The van der Waals surface area contributed by atoms with Crippen LogP contribution in [-0.4, -0.2) is 32.8 Å². The summed E-state index contributed by atoms with van der Waals surface area (Å²) in [4.78, 5) is 0. The molecule has 6 heteroatoms. The predicted molar refractivity (Wildman–Crippen MR) is 103 cm³/mol. The van der Waals surface area contributed by atoms with E-state index in [4.69, 9.17) is 9.29 Å². The molecule has 0 aliphatic carbocycles. The maximum absolute atomic E-state index is 10.3. The van der Waals surface area contributed by atoms with Crippen LogP contribution in [0, 0.1) is 0 Å². The molecule has 0 fully saturated rings. The highest BCUT2D eigenvalue weighted by molar-refractivity contribution is 7.80. The molecule has 0 aromatic carbocycles. The Bertz CT molecular complexity index is 357. The first kappa shape index (κ1) is 24.8. The normalized spacial score (nSPS) is 11.9. The Kier molecular flexibility index (Phi) is 18.5. The van der Waals surface area contributed by atoms with Crippen LogP contribution in [0.5, 0.6) is 0 Å². The van der Waals surface area contributed by atoms with Crippen molar-refractivity contribution in [1.29, 1.82) is 0 Å². The lowest BCUT2D eigenvalue weighted by atomic mass is 10.0. The van der Waals surface area contributed by atoms with E-state index in [2.05, 4.69) is 11.1 Å². The van der Waals surface area contributed by atoms with Crippen LogP contribution in [0.15, 0.2) is 0 Å². The van der Waals surface area contributed by atoms with Crippen molar-refractivity contribution in [3.05, 3.63) is 0 Å². The van der Waals surface area contributed by atoms with E-state index in [0.29, 0.717) is 19.6 Å². The highest BCUT2D eigenvalue weighted by atomic mass is 32.3. The van der Waals surface area contributed by atoms with Gasteiger partial charge in [-0.25, -0.2) is 4.18 Å². The van der Waals surface area contributed by atoms with E-state index < -0.39 is 10.4 Å². The molecule has 0 saturated heterocycles. The first-order valence-corrected chi connectivity index (χ1v) is 11.6. The van der Waals surface area contributed by atoms with Gasteiger partial charge in [-0.3, -0.25) is 4.55 Å². The van der Waals surface area contributed by atoms with Crippen LogP contribution in [0.4, 0.5) is 0 Å². The predicted octanol–water partition coefficient (Wildman–Crippen LogP) is 5.69. The first-order chi connectivity index (χ1) is 12.1. The summed E-state index contributed by atoms with van der Waals surface area (Å²) in [5, 5.41) is 0. The number of ether oxygens (including phenoxy) is 1. The molecule has 0 aliphatic rings. The Morgan fingerprint density at radius 3 is 1.44 bits per heavy atom. The summed E-state index contributed by atoms with van der Waals surface area (Å²) in [5.41, 5.74) is 0. The van der Waals surface area contributed by atoms with Gasteiger partial charge in [0.05, 0.1) is 6.61 Å². The van der Waals surface area contributed by atoms with E-state index in [1.54, 1.807) is 0 Å². The molecule has 0 aliphatic heterocycles. The summed E-state index contributed by atoms with van der Waals surface area (Å²) in [6, 6.07) is 0. The number of rotatable bonds is 20. The molecule has 0 amide bonds. The molecule has 1 N–H and O–H groups in total. The highest BCUT2D eigenvalue weighted by Gasteiger charge is 2.02. The standard InChI is InChI=1S/C19H40O5S/c1-2-3-4-5-6-7-8-9-10-11-12-13-14-15-17-23-18-16-19-24-25(20,21)22/h2-19H2,1H3,(H,20,21,22). The smallest absolute Gasteiger partial charge is 0.381 e. The molecule has 0 atom stereocenters. The summed E-state index contributed by atoms with van der Waals surface area (Å²) < 4.78 is 38.6. The lowest BCUT2D eigenvalue weighted by molar-refractivity contribution is 0.114. The average Bonchev–Trinajstić information content (AvgIpc) is 2.56. The molecule has 0 heterocycles. The molecule has 0 unspecified atom stereocenters. The zero-order valence-corrected chi connectivity index (χ0v) is 17.0. The number of hydrogen-bond donors (Lipinski definition) is 1. The molecule has 0 bridgehead atoms. The highest BCUT2D eigenvalue weighted by Crippen LogP contribution is 2.12. The minimum atomic E-state index is -4.30. The van der Waals surface area contributed by atoms with Gasteiger partial charge in [0.1, 0.15) is 0 Å². The topological polar surface area (TPSA) is 72.8 Å². The van der Waals surface area contributed by atoms with Crippen molar-refractivity contribution in [2.24, 2.45) is 0 Å². The van der Waals surface area contributed by atoms with Crippen molar-refractivity contribution >= 4 is 10.4 Å². The number of hydrogen-bond acceptors (Lipinski definition) is 4. The van der Waals surface area contributed by atoms with Crippen LogP contribution in [-0.2, 0) is 19.3 Å². The van der Waals surface area contributed by atoms with Gasteiger partial charge < -0.3 is 4.74 Å². The van der Waals surface area contributed by atoms with Crippen LogP contribution in [0.1, 0.15) is 103 Å². The van der Waals surface area contributed by atoms with Crippen LogP contribution in [0.25, 0.3) is 0 Å². The fourth-order valence-electron chi connectivity index (χ4n) is 2.83. The zero-order chi connectivity index (χ0) is 18.6. The van der Waals surface area contributed by atoms with Gasteiger partial charge in [-0.05, 0) is 12.8 Å². The van der Waals surface area contributed by atoms with Gasteiger partial charge in [-0.2, -0.15) is 8.42 Å². The zero-order valence-electron chi connectivity index (χ0n) is 16.2. The quantitative estimate of drug-likeness (QED) is 0.217. The summed E-state index contributed by atoms with van der Waals surface area (Å²) >= 11 is 0. The molecule has 0 aromatic heterocycles. The van der Waals surface area contributed by atoms with Gasteiger partial charge in [0.25, 0.3) is 0 Å². The van der Waals surface area contributed by atoms with Gasteiger partial charge in [-0.1, -0.05) is 90.4 Å². The monoisotopic (exact) mass is 380 g/mol. The van der Waals surface area contributed by atoms with Crippen LogP contribution in [0.3, 0.4) is 0 Å². The van der Waals surface area contributed by atoms with Gasteiger partial charge in [-0.15, -0.1) is 0 Å². The van der Waals surface area contributed by atoms with Crippen molar-refractivity contribution in [2.75, 3.05) is 19.8 Å². The molecular weight excluding hydrogens is 340 g/mol. The maximum Gasteiger partial charge on any atom is 0.397 e. The first-order valence-electron chi connectivity index (χ1n) is 10.3. The third-order valence-corrected chi connectivity index (χ3v) is 4.77. The average molecular weight is 381 g/mol. The van der Waals surface area contributed by atoms with Crippen molar-refractivity contribution in [1.82, 2.24) is 0 Å².